The third-order valence-corrected chi connectivity index (χ3v) is 15.4. The molecule has 83 heavy (non-hydrogen) atoms. The van der Waals surface area contributed by atoms with Crippen LogP contribution in [0.2, 0.25) is 20.1 Å². The molecule has 2 aliphatic heterocycles. The molecular weight excluding hydrogens is 1160 g/mol. The lowest BCUT2D eigenvalue weighted by atomic mass is 10.0. The lowest BCUT2D eigenvalue weighted by molar-refractivity contribution is -0.394. The molecule has 2 saturated heterocycles. The largest absolute Gasteiger partial charge is 0.404 e. The fourth-order valence-corrected chi connectivity index (χ4v) is 10.8. The zero-order chi connectivity index (χ0) is 60.7. The van der Waals surface area contributed by atoms with Gasteiger partial charge in [0, 0.05) is 122 Å². The minimum atomic E-state index is -0.810. The number of nitrogens with two attached hydrogens (primary N) is 2. The molecule has 4 heterocycles. The molecule has 0 radical (unpaired) electrons. The SMILES string of the molecule is CNC(=O)C(=O)c1c[nH]c2cc(Cl)c(C(=O)N3C[C@H](C)N(Cc4cccc(Cl)c4)C[C@H]3C)cc12.CNC(=O)C(=O)c1cn(N)c2cc(Cl)c(C(=O)N3C[C@H](C)N(Cc4cccc(Cl)c4)C[C@H]3C)cc12.NOc1ccc([N+](=O)[O-])cc1[N+](=O)[O-]. The van der Waals surface area contributed by atoms with Crippen molar-refractivity contribution in [2.24, 2.45) is 5.90 Å². The van der Waals surface area contributed by atoms with Gasteiger partial charge in [0.25, 0.3) is 40.9 Å². The van der Waals surface area contributed by atoms with Gasteiger partial charge in [0.05, 0.1) is 53.7 Å². The molecule has 436 valence electrons. The molecule has 7 aromatic rings. The number of ketones is 2. The van der Waals surface area contributed by atoms with E-state index in [-0.39, 0.29) is 63.4 Å². The van der Waals surface area contributed by atoms with E-state index in [9.17, 15) is 49.0 Å². The van der Waals surface area contributed by atoms with Crippen LogP contribution in [-0.2, 0) is 22.7 Å². The molecule has 27 heteroatoms. The molecule has 9 rings (SSSR count). The van der Waals surface area contributed by atoms with Crippen LogP contribution in [0, 0.1) is 20.2 Å². The number of nitro benzene ring substituents is 2. The number of nitro groups is 2. The van der Waals surface area contributed by atoms with Crippen molar-refractivity contribution in [2.45, 2.75) is 65.0 Å². The van der Waals surface area contributed by atoms with E-state index in [1.54, 1.807) is 29.2 Å². The highest BCUT2D eigenvalue weighted by molar-refractivity contribution is 6.46. The maximum atomic E-state index is 13.6. The Morgan fingerprint density at radius 2 is 1.12 bits per heavy atom. The Kier molecular flexibility index (Phi) is 20.2. The van der Waals surface area contributed by atoms with Crippen LogP contribution in [0.25, 0.3) is 21.8 Å². The van der Waals surface area contributed by atoms with Crippen molar-refractivity contribution in [3.05, 3.63) is 177 Å². The number of carbonyl (C=O) groups excluding carboxylic acids is 6. The van der Waals surface area contributed by atoms with Crippen molar-refractivity contribution >= 4 is 115 Å². The third-order valence-electron chi connectivity index (χ3n) is 14.3. The molecule has 2 fully saturated rings. The molecule has 0 aliphatic carbocycles. The summed E-state index contributed by atoms with van der Waals surface area (Å²) in [6, 6.07) is 24.9. The first-order valence-corrected chi connectivity index (χ1v) is 27.2. The quantitative estimate of drug-likeness (QED) is 0.0239. The average Bonchev–Trinajstić information content (AvgIpc) is 4.29. The van der Waals surface area contributed by atoms with E-state index in [2.05, 4.69) is 44.1 Å². The minimum absolute atomic E-state index is 0.0483. The van der Waals surface area contributed by atoms with Gasteiger partial charge in [0.1, 0.15) is 0 Å². The lowest BCUT2D eigenvalue weighted by Crippen LogP contribution is -2.57. The number of aromatic amines is 1. The molecule has 0 bridgehead atoms. The number of H-pyrrole nitrogens is 1. The average molecular weight is 1220 g/mol. The summed E-state index contributed by atoms with van der Waals surface area (Å²) in [5.74, 6) is 7.17. The van der Waals surface area contributed by atoms with Crippen molar-refractivity contribution < 1.29 is 43.5 Å². The van der Waals surface area contributed by atoms with E-state index in [0.717, 1.165) is 42.4 Å². The van der Waals surface area contributed by atoms with Crippen LogP contribution in [0.1, 0.15) is 80.3 Å². The van der Waals surface area contributed by atoms with Gasteiger partial charge in [-0.05, 0) is 93.4 Å². The van der Waals surface area contributed by atoms with Gasteiger partial charge in [0.15, 0.2) is 0 Å². The van der Waals surface area contributed by atoms with E-state index in [4.69, 9.17) is 58.1 Å². The second kappa shape index (κ2) is 26.8. The Morgan fingerprint density at radius 3 is 1.59 bits per heavy atom. The van der Waals surface area contributed by atoms with Gasteiger partial charge >= 0.3 is 5.69 Å². The van der Waals surface area contributed by atoms with Crippen LogP contribution in [0.4, 0.5) is 11.4 Å². The molecule has 4 atom stereocenters. The Labute approximate surface area is 495 Å². The molecule has 2 aliphatic rings. The van der Waals surface area contributed by atoms with Crippen LogP contribution in [0.3, 0.4) is 0 Å². The summed E-state index contributed by atoms with van der Waals surface area (Å²) >= 11 is 25.2. The summed E-state index contributed by atoms with van der Waals surface area (Å²) < 4.78 is 1.23. The van der Waals surface area contributed by atoms with Crippen LogP contribution in [0.15, 0.2) is 103 Å². The molecule has 0 spiro atoms. The highest BCUT2D eigenvalue weighted by atomic mass is 35.5. The van der Waals surface area contributed by atoms with Crippen molar-refractivity contribution in [3.63, 3.8) is 0 Å². The summed E-state index contributed by atoms with van der Waals surface area (Å²) in [4.78, 5) is 110. The van der Waals surface area contributed by atoms with E-state index >= 15 is 0 Å². The summed E-state index contributed by atoms with van der Waals surface area (Å²) in [5, 5.41) is 28.2. The Balaban J connectivity index is 0.000000195. The number of halogens is 4. The Hall–Kier alpha value is -8.16. The Bertz CT molecular complexity index is 3690. The smallest absolute Gasteiger partial charge is 0.320 e. The summed E-state index contributed by atoms with van der Waals surface area (Å²) in [6.45, 7) is 12.1. The topological polar surface area (TPSA) is 308 Å². The first-order valence-electron chi connectivity index (χ1n) is 25.7. The number of rotatable bonds is 13. The number of hydrogen-bond acceptors (Lipinski definition) is 15. The molecule has 7 N–H and O–H groups in total. The normalized spacial score (nSPS) is 17.1. The standard InChI is InChI=1S/C25H27Cl2N5O3.C25H26Cl2N4O3.C6H5N3O5/c1-14-11-31(15(2)10-30(14)12-16-5-4-6-17(26)7-16)25(35)19-8-18-20(23(33)24(34)29-3)13-32(28)22(18)9-21(19)27;1-14-12-31(15(2)11-30(14)13-16-5-4-6-17(26)7-16)25(34)19-8-18-20(23(32)24(33)28-3)10-29-22(18)9-21(19)27;7-14-6-2-1-4(8(10)11)3-5(6)9(12)13/h4-9,13-15H,10-12,28H2,1-3H3,(H,29,34);4-10,14-15,29H,11-13H2,1-3H3,(H,28,33);1-3H,7H2/t2*14-,15+;/m00./s1. The number of likely N-dealkylation sites (N-methyl/N-ethyl adjacent to an activating group) is 2. The maximum absolute atomic E-state index is 13.6. The van der Waals surface area contributed by atoms with Crippen LogP contribution >= 0.6 is 46.4 Å². The molecule has 23 nitrogen and oxygen atoms in total. The van der Waals surface area contributed by atoms with Gasteiger partial charge in [-0.1, -0.05) is 70.7 Å². The number of Topliss-reactive ketones (excluding diaryl/α,β-unsaturated/α-hetero) is 2. The van der Waals surface area contributed by atoms with E-state index < -0.39 is 44.6 Å². The number of nitrogens with one attached hydrogen (secondary N) is 3. The number of carbonyl (C=O) groups is 6. The number of fused-ring (bicyclic) bond motifs is 2. The molecule has 4 amide bonds. The number of nitrogen functional groups attached to an aromatic ring is 1. The lowest BCUT2D eigenvalue weighted by Gasteiger charge is -2.44. The van der Waals surface area contributed by atoms with Crippen molar-refractivity contribution in [3.8, 4) is 5.75 Å². The molecular formula is C56H58Cl4N12O11. The monoisotopic (exact) mass is 1210 g/mol. The van der Waals surface area contributed by atoms with Crippen molar-refractivity contribution in [2.75, 3.05) is 46.1 Å². The Morgan fingerprint density at radius 1 is 0.627 bits per heavy atom. The second-order valence-electron chi connectivity index (χ2n) is 19.9. The van der Waals surface area contributed by atoms with Gasteiger partial charge in [-0.25, -0.2) is 0 Å². The zero-order valence-corrected chi connectivity index (χ0v) is 48.7. The van der Waals surface area contributed by atoms with Gasteiger partial charge in [-0.15, -0.1) is 0 Å². The first kappa shape index (κ1) is 62.4. The number of benzene rings is 5. The summed E-state index contributed by atoms with van der Waals surface area (Å²) in [5.41, 5.74) is 3.23. The van der Waals surface area contributed by atoms with Gasteiger partial charge in [-0.2, -0.15) is 5.90 Å². The summed E-state index contributed by atoms with van der Waals surface area (Å²) in [6.07, 6.45) is 2.83. The van der Waals surface area contributed by atoms with Crippen LogP contribution < -0.4 is 27.2 Å². The number of aromatic nitrogens is 2. The van der Waals surface area contributed by atoms with E-state index in [1.165, 1.54) is 31.2 Å². The second-order valence-corrected chi connectivity index (χ2v) is 21.6. The fraction of sp³-hybridized carbons (Fsp3) is 0.286. The molecule has 2 aromatic heterocycles. The van der Waals surface area contributed by atoms with Crippen LogP contribution in [0.5, 0.6) is 5.75 Å². The maximum Gasteiger partial charge on any atom is 0.320 e. The minimum Gasteiger partial charge on any atom is -0.404 e. The van der Waals surface area contributed by atoms with E-state index in [0.29, 0.717) is 68.6 Å². The number of piperazine rings is 2. The predicted octanol–water partition coefficient (Wildman–Crippen LogP) is 8.22. The van der Waals surface area contributed by atoms with Gasteiger partial charge in [-0.3, -0.25) is 63.5 Å². The first-order chi connectivity index (χ1) is 39.3. The summed E-state index contributed by atoms with van der Waals surface area (Å²) in [7, 11) is 2.78. The third kappa shape index (κ3) is 14.2. The zero-order valence-electron chi connectivity index (χ0n) is 45.7. The van der Waals surface area contributed by atoms with E-state index in [1.807, 2.05) is 67.3 Å². The number of amides is 4. The number of nitrogens with zero attached hydrogens (tertiary/aromatic N) is 7. The van der Waals surface area contributed by atoms with Crippen molar-refractivity contribution in [1.29, 1.82) is 0 Å². The predicted molar refractivity (Wildman–Crippen MR) is 315 cm³/mol. The molecule has 5 aromatic carbocycles. The van der Waals surface area contributed by atoms with Crippen LogP contribution in [-0.4, -0.2) is 139 Å². The van der Waals surface area contributed by atoms with Gasteiger partial charge < -0.3 is 36.1 Å². The number of hydrogen-bond donors (Lipinski definition) is 5. The highest BCUT2D eigenvalue weighted by Gasteiger charge is 2.36. The molecule has 0 saturated carbocycles. The molecule has 0 unspecified atom stereocenters. The highest BCUT2D eigenvalue weighted by Crippen LogP contribution is 2.33. The fourth-order valence-electron chi connectivity index (χ4n) is 9.90. The van der Waals surface area contributed by atoms with Crippen molar-refractivity contribution in [1.82, 2.24) is 39.9 Å². The number of non-ortho nitro benzene ring substituents is 1. The van der Waals surface area contributed by atoms with Gasteiger partial charge in [0.2, 0.25) is 5.75 Å².